The zero-order valence-electron chi connectivity index (χ0n) is 17.4. The molecule has 0 radical (unpaired) electrons. The lowest BCUT2D eigenvalue weighted by atomic mass is 9.84. The molecule has 3 heterocycles. The van der Waals surface area contributed by atoms with Crippen LogP contribution < -0.4 is 20.1 Å². The summed E-state index contributed by atoms with van der Waals surface area (Å²) >= 11 is 0. The summed E-state index contributed by atoms with van der Waals surface area (Å²) in [7, 11) is 0. The monoisotopic (exact) mass is 522 g/mol. The molecule has 9 heteroatoms. The highest BCUT2D eigenvalue weighted by molar-refractivity contribution is 14.0. The fourth-order valence-electron chi connectivity index (χ4n) is 3.21. The molecular weight excluding hydrogens is 495 g/mol. The molecule has 4 rings (SSSR count). The number of benzene rings is 1. The molecule has 160 valence electrons. The standard InChI is InChI=1S/C21H26N6O2.HI/c1-4-22-20(23-12-19-26-25-18-7-5-6-10-27(18)19)24-13-21(2,3)15-8-9-16-17(11-15)29-14-28-16;/h5-11H,4,12-14H2,1-3H3,(H2,22,23,24);1H. The summed E-state index contributed by atoms with van der Waals surface area (Å²) in [4.78, 5) is 4.69. The number of hydrogen-bond donors (Lipinski definition) is 2. The van der Waals surface area contributed by atoms with Crippen molar-refractivity contribution in [3.63, 3.8) is 0 Å². The van der Waals surface area contributed by atoms with Gasteiger partial charge in [0.15, 0.2) is 28.9 Å². The molecule has 3 aromatic rings. The lowest BCUT2D eigenvalue weighted by molar-refractivity contribution is 0.174. The fourth-order valence-corrected chi connectivity index (χ4v) is 3.21. The van der Waals surface area contributed by atoms with Crippen molar-refractivity contribution in [3.8, 4) is 11.5 Å². The molecule has 2 N–H and O–H groups in total. The molecule has 8 nitrogen and oxygen atoms in total. The Morgan fingerprint density at radius 2 is 1.97 bits per heavy atom. The highest BCUT2D eigenvalue weighted by atomic mass is 127. The van der Waals surface area contributed by atoms with Crippen LogP contribution in [0.4, 0.5) is 0 Å². The van der Waals surface area contributed by atoms with Gasteiger partial charge < -0.3 is 20.1 Å². The van der Waals surface area contributed by atoms with E-state index in [1.165, 1.54) is 5.56 Å². The summed E-state index contributed by atoms with van der Waals surface area (Å²) in [5, 5.41) is 15.2. The van der Waals surface area contributed by atoms with E-state index in [4.69, 9.17) is 9.47 Å². The molecule has 0 aliphatic carbocycles. The lowest BCUT2D eigenvalue weighted by Gasteiger charge is -2.27. The summed E-state index contributed by atoms with van der Waals surface area (Å²) in [5.74, 6) is 3.14. The highest BCUT2D eigenvalue weighted by Gasteiger charge is 2.24. The number of fused-ring (bicyclic) bond motifs is 2. The van der Waals surface area contributed by atoms with Crippen LogP contribution in [-0.2, 0) is 12.0 Å². The van der Waals surface area contributed by atoms with E-state index in [9.17, 15) is 0 Å². The number of hydrogen-bond acceptors (Lipinski definition) is 5. The lowest BCUT2D eigenvalue weighted by Crippen LogP contribution is -2.43. The first-order chi connectivity index (χ1) is 14.1. The minimum Gasteiger partial charge on any atom is -0.454 e. The summed E-state index contributed by atoms with van der Waals surface area (Å²) in [6.07, 6.45) is 1.95. The second kappa shape index (κ2) is 9.50. The van der Waals surface area contributed by atoms with E-state index in [1.54, 1.807) is 0 Å². The van der Waals surface area contributed by atoms with Gasteiger partial charge in [-0.15, -0.1) is 34.2 Å². The van der Waals surface area contributed by atoms with Crippen LogP contribution in [0.2, 0.25) is 0 Å². The van der Waals surface area contributed by atoms with Crippen molar-refractivity contribution in [3.05, 3.63) is 54.0 Å². The predicted octanol–water partition coefficient (Wildman–Crippen LogP) is 3.11. The van der Waals surface area contributed by atoms with E-state index in [0.29, 0.717) is 13.1 Å². The Morgan fingerprint density at radius 3 is 2.80 bits per heavy atom. The van der Waals surface area contributed by atoms with Crippen LogP contribution in [0.1, 0.15) is 32.2 Å². The average molecular weight is 522 g/mol. The maximum Gasteiger partial charge on any atom is 0.231 e. The van der Waals surface area contributed by atoms with Gasteiger partial charge >= 0.3 is 0 Å². The van der Waals surface area contributed by atoms with Gasteiger partial charge in [0.2, 0.25) is 6.79 Å². The first-order valence-corrected chi connectivity index (χ1v) is 9.78. The molecule has 1 aliphatic rings. The smallest absolute Gasteiger partial charge is 0.231 e. The summed E-state index contributed by atoms with van der Waals surface area (Å²) in [5.41, 5.74) is 1.87. The molecule has 1 aliphatic heterocycles. The van der Waals surface area contributed by atoms with Crippen LogP contribution in [-0.4, -0.2) is 40.4 Å². The molecule has 2 aromatic heterocycles. The van der Waals surface area contributed by atoms with Crippen molar-refractivity contribution in [2.75, 3.05) is 19.9 Å². The maximum absolute atomic E-state index is 5.52. The minimum atomic E-state index is -0.126. The molecule has 0 amide bonds. The SMILES string of the molecule is CCNC(=NCc1nnc2ccccn12)NCC(C)(C)c1ccc2c(c1)OCO2.I. The van der Waals surface area contributed by atoms with Crippen molar-refractivity contribution in [2.45, 2.75) is 32.7 Å². The molecule has 0 bridgehead atoms. The van der Waals surface area contributed by atoms with Gasteiger partial charge in [0.25, 0.3) is 0 Å². The van der Waals surface area contributed by atoms with E-state index in [2.05, 4.69) is 51.8 Å². The van der Waals surface area contributed by atoms with Gasteiger partial charge in [-0.25, -0.2) is 4.99 Å². The zero-order valence-corrected chi connectivity index (χ0v) is 19.7. The van der Waals surface area contributed by atoms with E-state index in [0.717, 1.165) is 35.5 Å². The van der Waals surface area contributed by atoms with Crippen LogP contribution in [0.15, 0.2) is 47.6 Å². The van der Waals surface area contributed by atoms with Gasteiger partial charge in [-0.2, -0.15) is 0 Å². The number of nitrogens with zero attached hydrogens (tertiary/aromatic N) is 4. The number of guanidine groups is 1. The maximum atomic E-state index is 5.52. The Hall–Kier alpha value is -2.56. The Labute approximate surface area is 193 Å². The number of rotatable bonds is 6. The first kappa shape index (κ1) is 22.1. The number of aromatic nitrogens is 3. The van der Waals surface area contributed by atoms with Crippen LogP contribution in [0.3, 0.4) is 0 Å². The third-order valence-electron chi connectivity index (χ3n) is 4.96. The number of pyridine rings is 1. The summed E-state index contributed by atoms with van der Waals surface area (Å²) < 4.78 is 12.9. The molecule has 30 heavy (non-hydrogen) atoms. The molecule has 0 unspecified atom stereocenters. The number of halogens is 1. The second-order valence-corrected chi connectivity index (χ2v) is 7.55. The van der Waals surface area contributed by atoms with Crippen LogP contribution in [0.25, 0.3) is 5.65 Å². The second-order valence-electron chi connectivity index (χ2n) is 7.55. The van der Waals surface area contributed by atoms with Gasteiger partial charge in [-0.05, 0) is 36.8 Å². The molecular formula is C21H27IN6O2. The zero-order chi connectivity index (χ0) is 20.3. The Morgan fingerprint density at radius 1 is 1.13 bits per heavy atom. The fraction of sp³-hybridized carbons (Fsp3) is 0.381. The number of nitrogens with one attached hydrogen (secondary N) is 2. The van der Waals surface area contributed by atoms with Gasteiger partial charge in [-0.1, -0.05) is 26.0 Å². The Bertz CT molecular complexity index is 1030. The molecule has 0 atom stereocenters. The van der Waals surface area contributed by atoms with Gasteiger partial charge in [0.1, 0.15) is 6.54 Å². The van der Waals surface area contributed by atoms with Crippen molar-refractivity contribution >= 4 is 35.6 Å². The Kier molecular flexibility index (Phi) is 7.01. The van der Waals surface area contributed by atoms with E-state index >= 15 is 0 Å². The molecule has 0 saturated heterocycles. The number of aliphatic imine (C=N–C) groups is 1. The first-order valence-electron chi connectivity index (χ1n) is 9.78. The van der Waals surface area contributed by atoms with Crippen molar-refractivity contribution < 1.29 is 9.47 Å². The summed E-state index contributed by atoms with van der Waals surface area (Å²) in [6, 6.07) is 11.9. The molecule has 0 fully saturated rings. The quantitative estimate of drug-likeness (QED) is 0.294. The number of ether oxygens (including phenoxy) is 2. The van der Waals surface area contributed by atoms with Gasteiger partial charge in [0.05, 0.1) is 0 Å². The van der Waals surface area contributed by atoms with Gasteiger partial charge in [-0.3, -0.25) is 4.40 Å². The topological polar surface area (TPSA) is 85.1 Å². The minimum absolute atomic E-state index is 0. The van der Waals surface area contributed by atoms with Gasteiger partial charge in [0, 0.05) is 24.7 Å². The Balaban J connectivity index is 0.00000256. The van der Waals surface area contributed by atoms with Crippen molar-refractivity contribution in [1.29, 1.82) is 0 Å². The normalized spacial score (nSPS) is 13.2. The molecule has 0 saturated carbocycles. The average Bonchev–Trinajstić information content (AvgIpc) is 3.36. The third-order valence-corrected chi connectivity index (χ3v) is 4.96. The molecule has 0 spiro atoms. The van der Waals surface area contributed by atoms with E-state index in [1.807, 2.05) is 41.8 Å². The van der Waals surface area contributed by atoms with Crippen molar-refractivity contribution in [1.82, 2.24) is 25.2 Å². The molecule has 1 aromatic carbocycles. The summed E-state index contributed by atoms with van der Waals surface area (Å²) in [6.45, 7) is 8.62. The highest BCUT2D eigenvalue weighted by Crippen LogP contribution is 2.36. The van der Waals surface area contributed by atoms with Crippen LogP contribution in [0.5, 0.6) is 11.5 Å². The third kappa shape index (κ3) is 4.77. The van der Waals surface area contributed by atoms with Crippen LogP contribution in [0, 0.1) is 0 Å². The predicted molar refractivity (Wildman–Crippen MR) is 127 cm³/mol. The largest absolute Gasteiger partial charge is 0.454 e. The van der Waals surface area contributed by atoms with E-state index in [-0.39, 0.29) is 36.2 Å². The van der Waals surface area contributed by atoms with Crippen molar-refractivity contribution in [2.24, 2.45) is 4.99 Å². The van der Waals surface area contributed by atoms with E-state index < -0.39 is 0 Å². The van der Waals surface area contributed by atoms with Crippen LogP contribution >= 0.6 is 24.0 Å².